The first-order chi connectivity index (χ1) is 6.20. The number of thioether (sulfide) groups is 1. The molecular formula is C8H6Br2OS2. The van der Waals surface area contributed by atoms with Gasteiger partial charge in [0, 0.05) is 30.9 Å². The molecule has 0 spiro atoms. The third-order valence-corrected chi connectivity index (χ3v) is 8.37. The minimum Gasteiger partial charge on any atom is -0.258 e. The number of hydrogen-bond donors (Lipinski definition) is 0. The summed E-state index contributed by atoms with van der Waals surface area (Å²) in [6, 6.07) is 0. The van der Waals surface area contributed by atoms with Crippen LogP contribution in [0.2, 0.25) is 0 Å². The predicted octanol–water partition coefficient (Wildman–Crippen LogP) is 2.75. The average Bonchev–Trinajstić information content (AvgIpc) is 2.65. The van der Waals surface area contributed by atoms with E-state index in [0.29, 0.717) is 11.2 Å². The summed E-state index contributed by atoms with van der Waals surface area (Å²) in [5.74, 6) is 0.454. The predicted molar refractivity (Wildman–Crippen MR) is 64.6 cm³/mol. The van der Waals surface area contributed by atoms with E-state index in [2.05, 4.69) is 43.3 Å². The van der Waals surface area contributed by atoms with Gasteiger partial charge in [-0.05, 0) is 5.41 Å². The van der Waals surface area contributed by atoms with Crippen LogP contribution in [0.15, 0.2) is 20.4 Å². The Morgan fingerprint density at radius 3 is 2.92 bits per heavy atom. The lowest BCUT2D eigenvalue weighted by Crippen LogP contribution is -2.24. The molecule has 1 nitrogen and oxygen atoms in total. The third-order valence-electron chi connectivity index (χ3n) is 2.77. The molecule has 0 radical (unpaired) electrons. The van der Waals surface area contributed by atoms with E-state index in [9.17, 15) is 4.21 Å². The molecule has 3 aliphatic rings. The Hall–Kier alpha value is 0.940. The number of hydrogen-bond acceptors (Lipinski definition) is 2. The number of rotatable bonds is 0. The van der Waals surface area contributed by atoms with Gasteiger partial charge in [-0.15, -0.1) is 11.8 Å². The molecule has 0 aromatic rings. The van der Waals surface area contributed by atoms with Crippen molar-refractivity contribution in [2.24, 2.45) is 5.92 Å². The molecule has 0 aromatic carbocycles. The lowest BCUT2D eigenvalue weighted by molar-refractivity contribution is 0.655. The molecule has 1 saturated heterocycles. The van der Waals surface area contributed by atoms with Crippen LogP contribution >= 0.6 is 43.6 Å². The smallest absolute Gasteiger partial charge is 0.0751 e. The van der Waals surface area contributed by atoms with Gasteiger partial charge in [-0.25, -0.2) is 0 Å². The molecule has 13 heavy (non-hydrogen) atoms. The molecule has 0 aliphatic carbocycles. The second-order valence-electron chi connectivity index (χ2n) is 3.39. The third kappa shape index (κ3) is 1.08. The van der Waals surface area contributed by atoms with Gasteiger partial charge in [0.05, 0.1) is 10.5 Å². The zero-order chi connectivity index (χ0) is 9.16. The van der Waals surface area contributed by atoms with Crippen molar-refractivity contribution < 1.29 is 4.21 Å². The molecule has 0 amide bonds. The molecule has 2 bridgehead atoms. The number of halogens is 2. The van der Waals surface area contributed by atoms with Crippen LogP contribution in [-0.4, -0.2) is 20.0 Å². The Balaban J connectivity index is 2.10. The highest BCUT2D eigenvalue weighted by Gasteiger charge is 2.56. The monoisotopic (exact) mass is 340 g/mol. The summed E-state index contributed by atoms with van der Waals surface area (Å²) in [5.41, 5.74) is 0. The van der Waals surface area contributed by atoms with Crippen molar-refractivity contribution in [3.63, 3.8) is 0 Å². The Bertz CT molecular complexity index is 363. The molecule has 3 aliphatic heterocycles. The van der Waals surface area contributed by atoms with Gasteiger partial charge >= 0.3 is 0 Å². The van der Waals surface area contributed by atoms with Gasteiger partial charge in [-0.2, -0.15) is 0 Å². The summed E-state index contributed by atoms with van der Waals surface area (Å²) in [7, 11) is -0.692. The van der Waals surface area contributed by atoms with Crippen molar-refractivity contribution in [3.05, 3.63) is 20.4 Å². The standard InChI is InChI=1S/C8H6Br2OS2/c9-3-1-5-7-6(4(10)2-12-7)8(3)13(5)11/h1-2,5-8H/t5-,6+,7+,8+,13?/m1/s1. The van der Waals surface area contributed by atoms with Crippen molar-refractivity contribution in [2.75, 3.05) is 0 Å². The molecule has 5 heteroatoms. The van der Waals surface area contributed by atoms with Crippen LogP contribution in [-0.2, 0) is 10.8 Å². The lowest BCUT2D eigenvalue weighted by atomic mass is 9.94. The fourth-order valence-electron chi connectivity index (χ4n) is 2.20. The van der Waals surface area contributed by atoms with Crippen LogP contribution in [0.5, 0.6) is 0 Å². The largest absolute Gasteiger partial charge is 0.258 e. The molecular weight excluding hydrogens is 336 g/mol. The second kappa shape index (κ2) is 2.97. The molecule has 70 valence electrons. The van der Waals surface area contributed by atoms with E-state index in [-0.39, 0.29) is 10.5 Å². The van der Waals surface area contributed by atoms with Crippen molar-refractivity contribution >= 4 is 54.4 Å². The Morgan fingerprint density at radius 1 is 1.38 bits per heavy atom. The van der Waals surface area contributed by atoms with Crippen LogP contribution < -0.4 is 0 Å². The molecule has 1 unspecified atom stereocenters. The minimum atomic E-state index is -0.692. The zero-order valence-corrected chi connectivity index (χ0v) is 11.2. The fraction of sp³-hybridized carbons (Fsp3) is 0.500. The Morgan fingerprint density at radius 2 is 2.15 bits per heavy atom. The highest BCUT2D eigenvalue weighted by atomic mass is 79.9. The van der Waals surface area contributed by atoms with E-state index in [1.54, 1.807) is 0 Å². The van der Waals surface area contributed by atoms with Gasteiger partial charge < -0.3 is 0 Å². The number of allylic oxidation sites excluding steroid dienone is 1. The zero-order valence-electron chi connectivity index (χ0n) is 6.44. The summed E-state index contributed by atoms with van der Waals surface area (Å²) < 4.78 is 14.3. The first-order valence-corrected chi connectivity index (χ1v) is 7.78. The number of fused-ring (bicyclic) bond motifs is 5. The van der Waals surface area contributed by atoms with Crippen molar-refractivity contribution in [1.29, 1.82) is 0 Å². The highest BCUT2D eigenvalue weighted by Crippen LogP contribution is 2.56. The van der Waals surface area contributed by atoms with Gasteiger partial charge in [0.2, 0.25) is 0 Å². The topological polar surface area (TPSA) is 17.1 Å². The maximum absolute atomic E-state index is 11.9. The van der Waals surface area contributed by atoms with Crippen LogP contribution in [0, 0.1) is 5.92 Å². The normalized spacial score (nSPS) is 52.0. The van der Waals surface area contributed by atoms with E-state index in [4.69, 9.17) is 0 Å². The summed E-state index contributed by atoms with van der Waals surface area (Å²) >= 11 is 8.89. The van der Waals surface area contributed by atoms with Crippen LogP contribution in [0.1, 0.15) is 0 Å². The van der Waals surface area contributed by atoms with Crippen LogP contribution in [0.4, 0.5) is 0 Å². The minimum absolute atomic E-state index is 0.218. The van der Waals surface area contributed by atoms with Crippen molar-refractivity contribution in [2.45, 2.75) is 15.7 Å². The molecule has 0 saturated carbocycles. The van der Waals surface area contributed by atoms with Gasteiger partial charge in [0.25, 0.3) is 0 Å². The molecule has 3 rings (SSSR count). The molecule has 5 atom stereocenters. The average molecular weight is 342 g/mol. The van der Waals surface area contributed by atoms with Crippen molar-refractivity contribution in [3.8, 4) is 0 Å². The van der Waals surface area contributed by atoms with Gasteiger partial charge in [-0.1, -0.05) is 37.9 Å². The highest BCUT2D eigenvalue weighted by molar-refractivity contribution is 9.12. The molecule has 0 aromatic heterocycles. The summed E-state index contributed by atoms with van der Waals surface area (Å²) in [6.07, 6.45) is 2.13. The first kappa shape index (κ1) is 9.19. The lowest BCUT2D eigenvalue weighted by Gasteiger charge is -2.20. The Labute approximate surface area is 100 Å². The summed E-state index contributed by atoms with van der Waals surface area (Å²) in [4.78, 5) is 0. The van der Waals surface area contributed by atoms with Crippen LogP contribution in [0.3, 0.4) is 0 Å². The second-order valence-corrected chi connectivity index (χ2v) is 7.99. The van der Waals surface area contributed by atoms with Crippen LogP contribution in [0.25, 0.3) is 0 Å². The van der Waals surface area contributed by atoms with Gasteiger partial charge in [0.1, 0.15) is 0 Å². The first-order valence-electron chi connectivity index (χ1n) is 3.98. The van der Waals surface area contributed by atoms with Gasteiger partial charge in [-0.3, -0.25) is 4.21 Å². The fourth-order valence-corrected chi connectivity index (χ4v) is 8.45. The van der Waals surface area contributed by atoms with E-state index < -0.39 is 10.8 Å². The van der Waals surface area contributed by atoms with E-state index in [1.807, 2.05) is 11.8 Å². The Kier molecular flexibility index (Phi) is 2.10. The van der Waals surface area contributed by atoms with Crippen molar-refractivity contribution in [1.82, 2.24) is 0 Å². The molecule has 0 N–H and O–H groups in total. The summed E-state index contributed by atoms with van der Waals surface area (Å²) in [5, 5.41) is 3.16. The van der Waals surface area contributed by atoms with Gasteiger partial charge in [0.15, 0.2) is 0 Å². The molecule has 1 fully saturated rings. The van der Waals surface area contributed by atoms with E-state index in [1.165, 1.54) is 4.48 Å². The summed E-state index contributed by atoms with van der Waals surface area (Å²) in [6.45, 7) is 0. The maximum Gasteiger partial charge on any atom is 0.0751 e. The molecule has 3 heterocycles. The maximum atomic E-state index is 11.9. The van der Waals surface area contributed by atoms with E-state index in [0.717, 1.165) is 4.48 Å². The quantitative estimate of drug-likeness (QED) is 0.674. The SMILES string of the molecule is O=S1[C@@H]2C=C(Br)[C@H]1[C@H]1C(Br)=CS[C@H]12. The van der Waals surface area contributed by atoms with E-state index >= 15 is 0 Å².